The van der Waals surface area contributed by atoms with E-state index in [4.69, 9.17) is 10.8 Å². The minimum absolute atomic E-state index is 0.0772. The smallest absolute Gasteiger partial charge is 0.304 e. The zero-order chi connectivity index (χ0) is 22.8. The summed E-state index contributed by atoms with van der Waals surface area (Å²) in [5.41, 5.74) is 10.6. The van der Waals surface area contributed by atoms with E-state index in [0.29, 0.717) is 24.2 Å². The third-order valence-corrected chi connectivity index (χ3v) is 5.06. The Morgan fingerprint density at radius 2 is 1.34 bits per heavy atom. The molecular weight excluding hydrogens is 402 g/mol. The summed E-state index contributed by atoms with van der Waals surface area (Å²) in [6, 6.07) is 25.1. The second-order valence-electron chi connectivity index (χ2n) is 7.50. The molecule has 4 N–H and O–H groups in total. The first-order valence-electron chi connectivity index (χ1n) is 10.5. The maximum Gasteiger partial charge on any atom is 0.304 e. The number of amidine groups is 1. The van der Waals surface area contributed by atoms with Crippen molar-refractivity contribution in [3.63, 3.8) is 0 Å². The van der Waals surface area contributed by atoms with Gasteiger partial charge < -0.3 is 16.2 Å². The van der Waals surface area contributed by atoms with Gasteiger partial charge in [0.2, 0.25) is 0 Å². The molecule has 164 valence electrons. The molecule has 0 spiro atoms. The number of rotatable bonds is 10. The molecule has 0 unspecified atom stereocenters. The summed E-state index contributed by atoms with van der Waals surface area (Å²) in [4.78, 5) is 27.1. The van der Waals surface area contributed by atoms with E-state index in [2.05, 4.69) is 22.4 Å². The van der Waals surface area contributed by atoms with E-state index in [0.717, 1.165) is 24.0 Å². The summed E-state index contributed by atoms with van der Waals surface area (Å²) in [6.07, 6.45) is 1.93. The number of carboxylic acid groups (broad SMARTS) is 1. The predicted molar refractivity (Wildman–Crippen MR) is 126 cm³/mol. The second-order valence-corrected chi connectivity index (χ2v) is 7.50. The number of hydrogen-bond acceptors (Lipinski definition) is 3. The van der Waals surface area contributed by atoms with Gasteiger partial charge in [-0.25, -0.2) is 0 Å². The lowest BCUT2D eigenvalue weighted by molar-refractivity contribution is -0.136. The third kappa shape index (κ3) is 7.18. The van der Waals surface area contributed by atoms with Crippen LogP contribution in [0.1, 0.15) is 39.0 Å². The first-order chi connectivity index (χ1) is 15.5. The quantitative estimate of drug-likeness (QED) is 0.260. The van der Waals surface area contributed by atoms with E-state index in [9.17, 15) is 9.59 Å². The molecule has 3 aromatic carbocycles. The van der Waals surface area contributed by atoms with Crippen molar-refractivity contribution >= 4 is 17.7 Å². The summed E-state index contributed by atoms with van der Waals surface area (Å²) >= 11 is 0. The normalized spacial score (nSPS) is 11.3. The van der Waals surface area contributed by atoms with Crippen LogP contribution in [0.2, 0.25) is 0 Å². The van der Waals surface area contributed by atoms with Gasteiger partial charge in [-0.1, -0.05) is 66.7 Å². The molecule has 0 bridgehead atoms. The fraction of sp³-hybridized carbons (Fsp3) is 0.192. The average Bonchev–Trinajstić information content (AvgIpc) is 2.81. The van der Waals surface area contributed by atoms with Gasteiger partial charge in [0.05, 0.1) is 6.42 Å². The van der Waals surface area contributed by atoms with Crippen LogP contribution in [-0.2, 0) is 24.2 Å². The van der Waals surface area contributed by atoms with Gasteiger partial charge in [0, 0.05) is 24.2 Å². The minimum Gasteiger partial charge on any atom is -0.481 e. The Morgan fingerprint density at radius 1 is 0.781 bits per heavy atom. The van der Waals surface area contributed by atoms with Crippen LogP contribution in [0.25, 0.3) is 0 Å². The number of nitrogens with one attached hydrogen (secondary N) is 1. The zero-order valence-electron chi connectivity index (χ0n) is 17.8. The highest BCUT2D eigenvalue weighted by Crippen LogP contribution is 2.11. The Bertz CT molecular complexity index is 1060. The molecule has 0 aliphatic heterocycles. The number of carbonyl (C=O) groups is 2. The molecule has 0 radical (unpaired) electrons. The third-order valence-electron chi connectivity index (χ3n) is 5.06. The van der Waals surface area contributed by atoms with Gasteiger partial charge in [-0.05, 0) is 41.7 Å². The maximum absolute atomic E-state index is 12.5. The molecule has 0 aliphatic rings. The lowest BCUT2D eigenvalue weighted by atomic mass is 10.0. The zero-order valence-corrected chi connectivity index (χ0v) is 17.8. The topological polar surface area (TPSA) is 105 Å². The Morgan fingerprint density at radius 3 is 1.97 bits per heavy atom. The number of carboxylic acids is 1. The Hall–Kier alpha value is -3.77. The lowest BCUT2D eigenvalue weighted by Crippen LogP contribution is -2.18. The van der Waals surface area contributed by atoms with E-state index in [1.54, 1.807) is 24.3 Å². The number of amides is 1. The van der Waals surface area contributed by atoms with Crippen molar-refractivity contribution in [2.24, 2.45) is 10.7 Å². The SMILES string of the molecule is NC(=NC(=O)c1ccc(CCc2ccccc2)cc1)c1ccc(CNCCC(=O)O)cc1. The van der Waals surface area contributed by atoms with Gasteiger partial charge in [0.1, 0.15) is 5.84 Å². The maximum atomic E-state index is 12.5. The van der Waals surface area contributed by atoms with Crippen molar-refractivity contribution in [2.45, 2.75) is 25.8 Å². The number of hydrogen-bond donors (Lipinski definition) is 3. The lowest BCUT2D eigenvalue weighted by Gasteiger charge is -2.06. The van der Waals surface area contributed by atoms with Crippen LogP contribution >= 0.6 is 0 Å². The van der Waals surface area contributed by atoms with E-state index in [1.165, 1.54) is 5.56 Å². The summed E-state index contributed by atoms with van der Waals surface area (Å²) in [5, 5.41) is 11.7. The molecule has 0 atom stereocenters. The second kappa shape index (κ2) is 11.6. The molecule has 0 fully saturated rings. The molecule has 0 aliphatic carbocycles. The number of nitrogens with two attached hydrogens (primary N) is 1. The molecule has 6 heteroatoms. The molecule has 32 heavy (non-hydrogen) atoms. The molecule has 0 saturated heterocycles. The van der Waals surface area contributed by atoms with Gasteiger partial charge in [0.25, 0.3) is 5.91 Å². The highest BCUT2D eigenvalue weighted by atomic mass is 16.4. The highest BCUT2D eigenvalue weighted by molar-refractivity contribution is 6.08. The number of aliphatic imine (C=N–C) groups is 1. The molecule has 1 amide bonds. The van der Waals surface area contributed by atoms with E-state index in [-0.39, 0.29) is 18.2 Å². The van der Waals surface area contributed by atoms with Crippen LogP contribution in [0.4, 0.5) is 0 Å². The number of aryl methyl sites for hydroxylation is 2. The first-order valence-corrected chi connectivity index (χ1v) is 10.5. The first kappa shape index (κ1) is 22.9. The van der Waals surface area contributed by atoms with Crippen LogP contribution in [0, 0.1) is 0 Å². The highest BCUT2D eigenvalue weighted by Gasteiger charge is 2.07. The van der Waals surface area contributed by atoms with E-state index >= 15 is 0 Å². The summed E-state index contributed by atoms with van der Waals surface area (Å²) < 4.78 is 0. The summed E-state index contributed by atoms with van der Waals surface area (Å²) in [6.45, 7) is 0.959. The van der Waals surface area contributed by atoms with Crippen molar-refractivity contribution in [3.8, 4) is 0 Å². The van der Waals surface area contributed by atoms with Gasteiger partial charge in [-0.15, -0.1) is 0 Å². The van der Waals surface area contributed by atoms with Crippen molar-refractivity contribution < 1.29 is 14.7 Å². The van der Waals surface area contributed by atoms with Gasteiger partial charge in [-0.3, -0.25) is 9.59 Å². The van der Waals surface area contributed by atoms with Crippen LogP contribution in [-0.4, -0.2) is 29.4 Å². The van der Waals surface area contributed by atoms with Crippen molar-refractivity contribution in [1.29, 1.82) is 0 Å². The van der Waals surface area contributed by atoms with Crippen molar-refractivity contribution in [3.05, 3.63) is 107 Å². The Kier molecular flexibility index (Phi) is 8.29. The molecule has 0 aromatic heterocycles. The van der Waals surface area contributed by atoms with Gasteiger partial charge in [-0.2, -0.15) is 4.99 Å². The molecule has 0 heterocycles. The molecule has 6 nitrogen and oxygen atoms in total. The summed E-state index contributed by atoms with van der Waals surface area (Å²) in [7, 11) is 0. The summed E-state index contributed by atoms with van der Waals surface area (Å²) in [5.74, 6) is -1.05. The minimum atomic E-state index is -0.830. The standard InChI is InChI=1S/C26H27N3O3/c27-25(22-12-10-21(11-13-22)18-28-17-16-24(30)31)29-26(32)23-14-8-20(9-15-23)7-6-19-4-2-1-3-5-19/h1-5,8-15,28H,6-7,16-18H2,(H,30,31)(H2,27,29,32). The van der Waals surface area contributed by atoms with Gasteiger partial charge in [0.15, 0.2) is 0 Å². The number of carbonyl (C=O) groups excluding carboxylic acids is 1. The van der Waals surface area contributed by atoms with Crippen LogP contribution in [0.15, 0.2) is 83.9 Å². The van der Waals surface area contributed by atoms with E-state index < -0.39 is 5.97 Å². The van der Waals surface area contributed by atoms with Crippen LogP contribution in [0.5, 0.6) is 0 Å². The Labute approximate surface area is 187 Å². The fourth-order valence-electron chi connectivity index (χ4n) is 3.21. The van der Waals surface area contributed by atoms with Crippen LogP contribution < -0.4 is 11.1 Å². The van der Waals surface area contributed by atoms with Crippen molar-refractivity contribution in [1.82, 2.24) is 5.32 Å². The number of nitrogens with zero attached hydrogens (tertiary/aromatic N) is 1. The average molecular weight is 430 g/mol. The monoisotopic (exact) mass is 429 g/mol. The van der Waals surface area contributed by atoms with E-state index in [1.807, 2.05) is 42.5 Å². The van der Waals surface area contributed by atoms with Gasteiger partial charge >= 0.3 is 5.97 Å². The number of benzene rings is 3. The molecule has 3 aromatic rings. The molecule has 3 rings (SSSR count). The predicted octanol–water partition coefficient (Wildman–Crippen LogP) is 3.58. The largest absolute Gasteiger partial charge is 0.481 e. The molecular formula is C26H27N3O3. The number of aliphatic carboxylic acids is 1. The molecule has 0 saturated carbocycles. The van der Waals surface area contributed by atoms with Crippen molar-refractivity contribution in [2.75, 3.05) is 6.54 Å². The fourth-order valence-corrected chi connectivity index (χ4v) is 3.21. The van der Waals surface area contributed by atoms with Crippen LogP contribution in [0.3, 0.4) is 0 Å². The Balaban J connectivity index is 1.54.